The number of pyridine rings is 1. The normalized spacial score (nSPS) is 19.0. The van der Waals surface area contributed by atoms with E-state index in [-0.39, 0.29) is 41.8 Å². The quantitative estimate of drug-likeness (QED) is 0.388. The van der Waals surface area contributed by atoms with Crippen molar-refractivity contribution in [2.45, 2.75) is 50.6 Å². The summed E-state index contributed by atoms with van der Waals surface area (Å²) in [5.74, 6) is 0.829. The van der Waals surface area contributed by atoms with Gasteiger partial charge in [-0.3, -0.25) is 9.59 Å². The molecule has 0 bridgehead atoms. The van der Waals surface area contributed by atoms with Crippen LogP contribution in [0.15, 0.2) is 41.3 Å². The molecule has 1 saturated heterocycles. The molecule has 1 aliphatic carbocycles. The van der Waals surface area contributed by atoms with Crippen LogP contribution in [0.1, 0.15) is 48.3 Å². The zero-order chi connectivity index (χ0) is 26.2. The van der Waals surface area contributed by atoms with E-state index in [1.54, 1.807) is 38.1 Å². The van der Waals surface area contributed by atoms with E-state index >= 15 is 0 Å². The van der Waals surface area contributed by atoms with E-state index in [2.05, 4.69) is 28.4 Å². The van der Waals surface area contributed by atoms with Gasteiger partial charge < -0.3 is 29.0 Å². The number of carbonyl (C=O) groups excluding carboxylic acids is 1. The number of nitrogens with zero attached hydrogens (tertiary/aromatic N) is 2. The van der Waals surface area contributed by atoms with Crippen molar-refractivity contribution in [1.82, 2.24) is 14.8 Å². The van der Waals surface area contributed by atoms with Crippen molar-refractivity contribution in [3.8, 4) is 5.75 Å². The highest BCUT2D eigenvalue weighted by Crippen LogP contribution is 2.36. The number of halogens is 1. The van der Waals surface area contributed by atoms with E-state index in [1.807, 2.05) is 6.07 Å². The van der Waals surface area contributed by atoms with Crippen LogP contribution in [0.2, 0.25) is 0 Å². The highest BCUT2D eigenvalue weighted by atomic mass is 35.5. The van der Waals surface area contributed by atoms with E-state index < -0.39 is 0 Å². The summed E-state index contributed by atoms with van der Waals surface area (Å²) in [5, 5.41) is 3.42. The third-order valence-electron chi connectivity index (χ3n) is 7.38. The Labute approximate surface area is 232 Å². The van der Waals surface area contributed by atoms with Crippen LogP contribution in [-0.4, -0.2) is 68.5 Å². The first-order valence-electron chi connectivity index (χ1n) is 13.4. The number of nitrogens with one attached hydrogen (secondary N) is 1. The van der Waals surface area contributed by atoms with Crippen LogP contribution in [0.4, 0.5) is 0 Å². The van der Waals surface area contributed by atoms with Crippen molar-refractivity contribution < 1.29 is 19.0 Å². The molecule has 0 unspecified atom stereocenters. The summed E-state index contributed by atoms with van der Waals surface area (Å²) in [6.07, 6.45) is 6.53. The molecule has 2 heterocycles. The monoisotopic (exact) mass is 547 g/mol. The fourth-order valence-corrected chi connectivity index (χ4v) is 5.21. The molecule has 1 N–H and O–H groups in total. The van der Waals surface area contributed by atoms with Crippen LogP contribution in [0.25, 0.3) is 0 Å². The molecular formula is C29H42ClN3O5. The molecule has 2 aromatic rings. The number of hydrogen-bond donors (Lipinski definition) is 1. The van der Waals surface area contributed by atoms with Gasteiger partial charge in [-0.1, -0.05) is 6.07 Å². The number of ether oxygens (including phenoxy) is 3. The first-order valence-corrected chi connectivity index (χ1v) is 13.4. The molecule has 210 valence electrons. The Hall–Kier alpha value is -2.39. The van der Waals surface area contributed by atoms with Crippen LogP contribution in [0.5, 0.6) is 5.75 Å². The number of rotatable bonds is 13. The van der Waals surface area contributed by atoms with Gasteiger partial charge in [0.15, 0.2) is 0 Å². The topological polar surface area (TPSA) is 82.0 Å². The van der Waals surface area contributed by atoms with Crippen LogP contribution in [-0.2, 0) is 34.3 Å². The van der Waals surface area contributed by atoms with Gasteiger partial charge in [-0.25, -0.2) is 0 Å². The van der Waals surface area contributed by atoms with Crippen molar-refractivity contribution in [2.75, 3.05) is 47.1 Å². The summed E-state index contributed by atoms with van der Waals surface area (Å²) >= 11 is 0. The molecular weight excluding hydrogens is 506 g/mol. The minimum absolute atomic E-state index is 0. The molecule has 2 fully saturated rings. The molecule has 8 nitrogen and oxygen atoms in total. The van der Waals surface area contributed by atoms with Gasteiger partial charge in [0.1, 0.15) is 12.4 Å². The van der Waals surface area contributed by atoms with E-state index in [0.29, 0.717) is 32.9 Å². The van der Waals surface area contributed by atoms with Gasteiger partial charge >= 0.3 is 0 Å². The predicted octanol–water partition coefficient (Wildman–Crippen LogP) is 3.30. The standard InChI is InChI=1S/C29H41N3O5.ClH/c1-31-11-9-23(18-28(31)33)26-8-10-30-19-27(26)29(34)32(24-6-7-24)20-22-15-21(5-4-12-35-2)16-25(17-22)37-14-13-36-3;/h9,11,15-18,24,26-27,30H,4-8,10,12-14,19-20H2,1-3H3;1H/t26-,27+;/m1./s1. The molecule has 1 amide bonds. The molecule has 2 atom stereocenters. The van der Waals surface area contributed by atoms with Gasteiger partial charge in [-0.2, -0.15) is 0 Å². The summed E-state index contributed by atoms with van der Waals surface area (Å²) in [5.41, 5.74) is 3.19. The van der Waals surface area contributed by atoms with Gasteiger partial charge in [0, 0.05) is 59.3 Å². The second-order valence-corrected chi connectivity index (χ2v) is 10.2. The lowest BCUT2D eigenvalue weighted by Gasteiger charge is -2.36. The molecule has 2 aliphatic rings. The smallest absolute Gasteiger partial charge is 0.250 e. The number of aryl methyl sites for hydroxylation is 2. The van der Waals surface area contributed by atoms with Crippen molar-refractivity contribution in [3.63, 3.8) is 0 Å². The number of amides is 1. The second kappa shape index (κ2) is 14.7. The number of hydrogen-bond acceptors (Lipinski definition) is 6. The van der Waals surface area contributed by atoms with Gasteiger partial charge in [-0.15, -0.1) is 12.4 Å². The van der Waals surface area contributed by atoms with Gasteiger partial charge in [-0.05, 0) is 79.5 Å². The maximum absolute atomic E-state index is 14.0. The molecule has 1 aromatic heterocycles. The zero-order valence-corrected chi connectivity index (χ0v) is 23.6. The lowest BCUT2D eigenvalue weighted by molar-refractivity contribution is -0.138. The Balaban J connectivity index is 0.00000400. The van der Waals surface area contributed by atoms with Crippen molar-refractivity contribution >= 4 is 18.3 Å². The van der Waals surface area contributed by atoms with Crippen molar-refractivity contribution in [2.24, 2.45) is 13.0 Å². The number of piperidine rings is 1. The number of benzene rings is 1. The fourth-order valence-electron chi connectivity index (χ4n) is 5.21. The van der Waals surface area contributed by atoms with E-state index in [1.165, 1.54) is 5.56 Å². The number of aromatic nitrogens is 1. The largest absolute Gasteiger partial charge is 0.491 e. The Morgan fingerprint density at radius 2 is 1.82 bits per heavy atom. The average molecular weight is 548 g/mol. The lowest BCUT2D eigenvalue weighted by Crippen LogP contribution is -2.47. The highest BCUT2D eigenvalue weighted by Gasteiger charge is 2.40. The minimum atomic E-state index is -0.191. The van der Waals surface area contributed by atoms with Gasteiger partial charge in [0.05, 0.1) is 12.5 Å². The maximum atomic E-state index is 14.0. The molecule has 0 spiro atoms. The molecule has 9 heteroatoms. The summed E-state index contributed by atoms with van der Waals surface area (Å²) < 4.78 is 17.9. The molecule has 38 heavy (non-hydrogen) atoms. The van der Waals surface area contributed by atoms with Crippen LogP contribution in [0, 0.1) is 5.92 Å². The second-order valence-electron chi connectivity index (χ2n) is 10.2. The van der Waals surface area contributed by atoms with E-state index in [9.17, 15) is 9.59 Å². The maximum Gasteiger partial charge on any atom is 0.250 e. The van der Waals surface area contributed by atoms with E-state index in [4.69, 9.17) is 14.2 Å². The number of carbonyl (C=O) groups is 1. The third-order valence-corrected chi connectivity index (χ3v) is 7.38. The van der Waals surface area contributed by atoms with Crippen molar-refractivity contribution in [3.05, 3.63) is 63.6 Å². The van der Waals surface area contributed by atoms with Crippen LogP contribution < -0.4 is 15.6 Å². The molecule has 4 rings (SSSR count). The summed E-state index contributed by atoms with van der Waals surface area (Å²) in [4.78, 5) is 28.4. The molecule has 1 aliphatic heterocycles. The lowest BCUT2D eigenvalue weighted by atomic mass is 9.80. The fraction of sp³-hybridized carbons (Fsp3) is 0.586. The SMILES string of the molecule is COCCCc1cc(CN(C(=O)[C@H]2CNCC[C@@H]2c2ccn(C)c(=O)c2)C2CC2)cc(OCCOC)c1.Cl. The first-order chi connectivity index (χ1) is 18.0. The molecule has 0 radical (unpaired) electrons. The summed E-state index contributed by atoms with van der Waals surface area (Å²) in [7, 11) is 5.13. The minimum Gasteiger partial charge on any atom is -0.491 e. The summed E-state index contributed by atoms with van der Waals surface area (Å²) in [6, 6.07) is 10.3. The van der Waals surface area contributed by atoms with Crippen LogP contribution >= 0.6 is 12.4 Å². The Morgan fingerprint density at radius 1 is 1.05 bits per heavy atom. The predicted molar refractivity (Wildman–Crippen MR) is 150 cm³/mol. The zero-order valence-electron chi connectivity index (χ0n) is 22.8. The Morgan fingerprint density at radius 3 is 2.53 bits per heavy atom. The molecule has 1 aromatic carbocycles. The summed E-state index contributed by atoms with van der Waals surface area (Å²) in [6.45, 7) is 3.74. The first kappa shape index (κ1) is 30.2. The van der Waals surface area contributed by atoms with Gasteiger partial charge in [0.25, 0.3) is 5.56 Å². The average Bonchev–Trinajstić information content (AvgIpc) is 3.74. The van der Waals surface area contributed by atoms with Crippen molar-refractivity contribution in [1.29, 1.82) is 0 Å². The van der Waals surface area contributed by atoms with E-state index in [0.717, 1.165) is 55.5 Å². The van der Waals surface area contributed by atoms with Gasteiger partial charge in [0.2, 0.25) is 5.91 Å². The third kappa shape index (κ3) is 8.06. The molecule has 1 saturated carbocycles. The number of methoxy groups -OCH3 is 2. The highest BCUT2D eigenvalue weighted by molar-refractivity contribution is 5.85. The Kier molecular flexibility index (Phi) is 11.6. The van der Waals surface area contributed by atoms with Crippen LogP contribution in [0.3, 0.4) is 0 Å². The Bertz CT molecular complexity index is 1080.